The Kier molecular flexibility index (Phi) is 4.74. The van der Waals surface area contributed by atoms with E-state index in [2.05, 4.69) is 0 Å². The largest absolute Gasteiger partial charge is 0.461 e. The van der Waals surface area contributed by atoms with Crippen molar-refractivity contribution in [3.8, 4) is 0 Å². The standard InChI is InChI=1S/C23H24N2O4/c1-4-29-22(28)23(3)18-17(19(24-23)16-13-9-8-10-14(16)2)20(26)25(21(18)27)15-11-6-5-7-12-15/h5-13,17-19,24H,4H2,1-3H3/p+1/t17-,18+,19-,23+/m0/s1. The van der Waals surface area contributed by atoms with Gasteiger partial charge in [-0.25, -0.2) is 9.69 Å². The summed E-state index contributed by atoms with van der Waals surface area (Å²) in [5.74, 6) is -2.46. The topological polar surface area (TPSA) is 80.3 Å². The highest BCUT2D eigenvalue weighted by molar-refractivity contribution is 6.23. The summed E-state index contributed by atoms with van der Waals surface area (Å²) in [5.41, 5.74) is 1.36. The number of hydrogen-bond donors (Lipinski definition) is 1. The van der Waals surface area contributed by atoms with Crippen LogP contribution in [0, 0.1) is 18.8 Å². The first-order chi connectivity index (χ1) is 13.9. The number of nitrogens with two attached hydrogens (primary N) is 1. The molecule has 0 aliphatic carbocycles. The zero-order valence-electron chi connectivity index (χ0n) is 16.8. The third-order valence-corrected chi connectivity index (χ3v) is 6.19. The van der Waals surface area contributed by atoms with E-state index in [1.165, 1.54) is 4.90 Å². The van der Waals surface area contributed by atoms with Gasteiger partial charge in [-0.05, 0) is 31.5 Å². The molecule has 2 aromatic rings. The minimum absolute atomic E-state index is 0.221. The predicted molar refractivity (Wildman–Crippen MR) is 107 cm³/mol. The van der Waals surface area contributed by atoms with Crippen molar-refractivity contribution in [2.75, 3.05) is 11.5 Å². The molecule has 4 atom stereocenters. The Morgan fingerprint density at radius 1 is 1.07 bits per heavy atom. The lowest BCUT2D eigenvalue weighted by molar-refractivity contribution is -0.731. The van der Waals surface area contributed by atoms with Gasteiger partial charge >= 0.3 is 5.97 Å². The number of hydrogen-bond acceptors (Lipinski definition) is 4. The number of rotatable bonds is 4. The average molecular weight is 393 g/mol. The van der Waals surface area contributed by atoms with Gasteiger partial charge in [-0.2, -0.15) is 0 Å². The third-order valence-electron chi connectivity index (χ3n) is 6.19. The fourth-order valence-corrected chi connectivity index (χ4v) is 4.82. The maximum Gasteiger partial charge on any atom is 0.368 e. The molecule has 2 heterocycles. The van der Waals surface area contributed by atoms with Crippen LogP contribution < -0.4 is 10.2 Å². The van der Waals surface area contributed by atoms with Crippen LogP contribution in [0.25, 0.3) is 0 Å². The van der Waals surface area contributed by atoms with Gasteiger partial charge in [0.15, 0.2) is 0 Å². The van der Waals surface area contributed by atoms with Crippen LogP contribution in [0.1, 0.15) is 31.0 Å². The van der Waals surface area contributed by atoms with E-state index in [1.807, 2.05) is 42.6 Å². The van der Waals surface area contributed by atoms with Crippen molar-refractivity contribution in [2.45, 2.75) is 32.4 Å². The maximum atomic E-state index is 13.5. The number of esters is 1. The molecule has 4 rings (SSSR count). The number of quaternary nitrogens is 1. The van der Waals surface area contributed by atoms with Crippen LogP contribution in [0.3, 0.4) is 0 Å². The molecule has 0 saturated carbocycles. The highest BCUT2D eigenvalue weighted by Crippen LogP contribution is 2.46. The number of benzene rings is 2. The van der Waals surface area contributed by atoms with E-state index < -0.39 is 23.3 Å². The monoisotopic (exact) mass is 393 g/mol. The molecule has 2 amide bonds. The van der Waals surface area contributed by atoms with E-state index in [9.17, 15) is 14.4 Å². The molecule has 0 spiro atoms. The molecule has 150 valence electrons. The predicted octanol–water partition coefficient (Wildman–Crippen LogP) is 1.74. The molecule has 2 fully saturated rings. The van der Waals surface area contributed by atoms with Gasteiger partial charge in [0.25, 0.3) is 0 Å². The Balaban J connectivity index is 1.84. The zero-order chi connectivity index (χ0) is 20.8. The van der Waals surface area contributed by atoms with E-state index in [-0.39, 0.29) is 24.5 Å². The molecular formula is C23H25N2O4+. The summed E-state index contributed by atoms with van der Waals surface area (Å²) in [6.07, 6.45) is 0. The number of ether oxygens (including phenoxy) is 1. The lowest BCUT2D eigenvalue weighted by Crippen LogP contribution is -2.97. The van der Waals surface area contributed by atoms with Crippen LogP contribution in [0.2, 0.25) is 0 Å². The van der Waals surface area contributed by atoms with Crippen LogP contribution in [-0.2, 0) is 19.1 Å². The van der Waals surface area contributed by atoms with Gasteiger partial charge in [-0.1, -0.05) is 42.5 Å². The number of nitrogens with zero attached hydrogens (tertiary/aromatic N) is 1. The van der Waals surface area contributed by atoms with Crippen molar-refractivity contribution in [1.29, 1.82) is 0 Å². The molecule has 0 aromatic heterocycles. The molecule has 6 heteroatoms. The van der Waals surface area contributed by atoms with Crippen molar-refractivity contribution >= 4 is 23.5 Å². The number of aryl methyl sites for hydroxylation is 1. The third kappa shape index (κ3) is 2.86. The molecular weight excluding hydrogens is 368 g/mol. The van der Waals surface area contributed by atoms with Gasteiger partial charge in [0.1, 0.15) is 17.9 Å². The fourth-order valence-electron chi connectivity index (χ4n) is 4.82. The van der Waals surface area contributed by atoms with Gasteiger partial charge in [-0.15, -0.1) is 0 Å². The average Bonchev–Trinajstić information content (AvgIpc) is 3.17. The Hall–Kier alpha value is -2.99. The first kappa shape index (κ1) is 19.3. The van der Waals surface area contributed by atoms with Gasteiger partial charge < -0.3 is 10.1 Å². The normalized spacial score (nSPS) is 28.5. The second kappa shape index (κ2) is 7.12. The Morgan fingerprint density at radius 3 is 2.38 bits per heavy atom. The van der Waals surface area contributed by atoms with Crippen molar-refractivity contribution in [3.63, 3.8) is 0 Å². The number of amides is 2. The Labute approximate surface area is 169 Å². The van der Waals surface area contributed by atoms with Crippen LogP contribution in [0.4, 0.5) is 5.69 Å². The SMILES string of the molecule is CCOC(=O)[C@]1(C)[NH2+][C@@H](c2ccccc2C)[C@H]2C(=O)N(c3ccccc3)C(=O)[C@@H]21. The number of carbonyl (C=O) groups excluding carboxylic acids is 3. The summed E-state index contributed by atoms with van der Waals surface area (Å²) in [4.78, 5) is 41.1. The smallest absolute Gasteiger partial charge is 0.368 e. The lowest BCUT2D eigenvalue weighted by Gasteiger charge is -2.26. The number of anilines is 1. The highest BCUT2D eigenvalue weighted by Gasteiger charge is 2.71. The van der Waals surface area contributed by atoms with E-state index in [0.717, 1.165) is 11.1 Å². The number of para-hydroxylation sites is 1. The first-order valence-electron chi connectivity index (χ1n) is 9.91. The minimum atomic E-state index is -1.16. The van der Waals surface area contributed by atoms with Crippen molar-refractivity contribution in [2.24, 2.45) is 11.8 Å². The lowest BCUT2D eigenvalue weighted by atomic mass is 9.80. The number of carbonyl (C=O) groups is 3. The van der Waals surface area contributed by atoms with Gasteiger partial charge in [0.05, 0.1) is 12.3 Å². The summed E-state index contributed by atoms with van der Waals surface area (Å²) in [6, 6.07) is 16.4. The molecule has 2 N–H and O–H groups in total. The Bertz CT molecular complexity index is 974. The zero-order valence-corrected chi connectivity index (χ0v) is 16.8. The van der Waals surface area contributed by atoms with Gasteiger partial charge in [0, 0.05) is 12.5 Å². The summed E-state index contributed by atoms with van der Waals surface area (Å²) < 4.78 is 5.32. The number of imide groups is 1. The molecule has 0 bridgehead atoms. The highest BCUT2D eigenvalue weighted by atomic mass is 16.5. The van der Waals surface area contributed by atoms with Crippen LogP contribution in [0.15, 0.2) is 54.6 Å². The summed E-state index contributed by atoms with van der Waals surface area (Å²) in [7, 11) is 0. The summed E-state index contributed by atoms with van der Waals surface area (Å²) in [5, 5.41) is 1.86. The van der Waals surface area contributed by atoms with Crippen molar-refractivity contribution < 1.29 is 24.4 Å². The molecule has 2 aliphatic heterocycles. The van der Waals surface area contributed by atoms with Crippen molar-refractivity contribution in [1.82, 2.24) is 0 Å². The second-order valence-electron chi connectivity index (χ2n) is 7.90. The quantitative estimate of drug-likeness (QED) is 0.634. The molecule has 0 radical (unpaired) electrons. The fraction of sp³-hybridized carbons (Fsp3) is 0.348. The van der Waals surface area contributed by atoms with Crippen LogP contribution >= 0.6 is 0 Å². The second-order valence-corrected chi connectivity index (χ2v) is 7.90. The molecule has 2 saturated heterocycles. The van der Waals surface area contributed by atoms with Gasteiger partial charge in [-0.3, -0.25) is 9.59 Å². The Morgan fingerprint density at radius 2 is 1.72 bits per heavy atom. The van der Waals surface area contributed by atoms with E-state index in [4.69, 9.17) is 4.74 Å². The molecule has 0 unspecified atom stereocenters. The molecule has 2 aliphatic rings. The molecule has 6 nitrogen and oxygen atoms in total. The van der Waals surface area contributed by atoms with Crippen LogP contribution in [-0.4, -0.2) is 29.9 Å². The minimum Gasteiger partial charge on any atom is -0.461 e. The van der Waals surface area contributed by atoms with Crippen molar-refractivity contribution in [3.05, 3.63) is 65.7 Å². The summed E-state index contributed by atoms with van der Waals surface area (Å²) in [6.45, 7) is 5.67. The van der Waals surface area contributed by atoms with Gasteiger partial charge in [0.2, 0.25) is 17.4 Å². The molecule has 2 aromatic carbocycles. The van der Waals surface area contributed by atoms with E-state index in [0.29, 0.717) is 5.69 Å². The summed E-state index contributed by atoms with van der Waals surface area (Å²) >= 11 is 0. The van der Waals surface area contributed by atoms with Crippen LogP contribution in [0.5, 0.6) is 0 Å². The first-order valence-corrected chi connectivity index (χ1v) is 9.91. The maximum absolute atomic E-state index is 13.5. The number of fused-ring (bicyclic) bond motifs is 1. The van der Waals surface area contributed by atoms with E-state index in [1.54, 1.807) is 38.1 Å². The molecule has 29 heavy (non-hydrogen) atoms. The van der Waals surface area contributed by atoms with E-state index >= 15 is 0 Å².